The summed E-state index contributed by atoms with van der Waals surface area (Å²) in [7, 11) is -4.75. The van der Waals surface area contributed by atoms with E-state index in [1.54, 1.807) is 0 Å². The van der Waals surface area contributed by atoms with Crippen LogP contribution >= 0.6 is 7.82 Å². The Morgan fingerprint density at radius 2 is 1.50 bits per heavy atom. The van der Waals surface area contributed by atoms with Gasteiger partial charge in [0, 0.05) is 18.5 Å². The van der Waals surface area contributed by atoms with E-state index in [0.29, 0.717) is 17.7 Å². The number of phosphoric ester groups is 1. The van der Waals surface area contributed by atoms with Crippen molar-refractivity contribution in [2.75, 3.05) is 0 Å². The van der Waals surface area contributed by atoms with E-state index in [1.165, 1.54) is 48.5 Å². The van der Waals surface area contributed by atoms with Crippen LogP contribution in [-0.4, -0.2) is 39.6 Å². The van der Waals surface area contributed by atoms with Gasteiger partial charge in [-0.05, 0) is 35.6 Å². The van der Waals surface area contributed by atoms with E-state index in [2.05, 4.69) is 25.3 Å². The number of benzene rings is 3. The molecule has 0 bridgehead atoms. The van der Waals surface area contributed by atoms with Gasteiger partial charge in [0.25, 0.3) is 5.91 Å². The van der Waals surface area contributed by atoms with E-state index in [4.69, 9.17) is 16.4 Å². The third kappa shape index (κ3) is 10.5. The Morgan fingerprint density at radius 3 is 2.07 bits per heavy atom. The maximum Gasteiger partial charge on any atom is 0.524 e. The third-order valence-corrected chi connectivity index (χ3v) is 6.57. The zero-order valence-electron chi connectivity index (χ0n) is 23.2. The Kier molecular flexibility index (Phi) is 11.4. The Hall–Kier alpha value is -4.49. The van der Waals surface area contributed by atoms with Crippen LogP contribution in [0.1, 0.15) is 41.8 Å². The molecule has 2 atom stereocenters. The lowest BCUT2D eigenvalue weighted by Gasteiger charge is -2.24. The van der Waals surface area contributed by atoms with Gasteiger partial charge in [-0.1, -0.05) is 80.6 Å². The van der Waals surface area contributed by atoms with Gasteiger partial charge >= 0.3 is 7.82 Å². The maximum atomic E-state index is 13.6. The fourth-order valence-corrected chi connectivity index (χ4v) is 4.48. The van der Waals surface area contributed by atoms with Gasteiger partial charge in [-0.3, -0.25) is 24.2 Å². The topological polar surface area (TPSA) is 158 Å². The first kappa shape index (κ1) is 32.0. The highest BCUT2D eigenvalue weighted by Crippen LogP contribution is 2.37. The molecule has 0 aliphatic heterocycles. The second-order valence-corrected chi connectivity index (χ2v) is 11.2. The van der Waals surface area contributed by atoms with Crippen LogP contribution in [-0.2, 0) is 27.1 Å². The molecule has 2 unspecified atom stereocenters. The van der Waals surface area contributed by atoms with E-state index in [1.807, 2.05) is 44.2 Å². The lowest BCUT2D eigenvalue weighted by atomic mass is 10.0. The van der Waals surface area contributed by atoms with Gasteiger partial charge in [-0.25, -0.2) is 9.41 Å². The Morgan fingerprint density at radius 1 is 0.857 bits per heavy atom. The fourth-order valence-electron chi connectivity index (χ4n) is 4.08. The molecule has 0 aromatic heterocycles. The van der Waals surface area contributed by atoms with Crippen molar-refractivity contribution in [3.05, 3.63) is 107 Å². The first-order chi connectivity index (χ1) is 19.9. The van der Waals surface area contributed by atoms with Crippen LogP contribution < -0.4 is 20.5 Å². The summed E-state index contributed by atoms with van der Waals surface area (Å²) in [4.78, 5) is 61.1. The highest BCUT2D eigenvalue weighted by molar-refractivity contribution is 7.46. The summed E-state index contributed by atoms with van der Waals surface area (Å²) < 4.78 is 15.7. The third-order valence-electron chi connectivity index (χ3n) is 6.12. The van der Waals surface area contributed by atoms with Crippen molar-refractivity contribution in [2.24, 2.45) is 5.92 Å². The SMILES string of the molecule is [C-]#[N+]c1ccc(C(=O)NC(Cc2ccc(OP(=O)(O)O)cc2)C(=O)NC(CC(C)C)C(=O)NCc2ccccc2)cc1. The molecule has 3 aromatic rings. The number of nitrogens with zero attached hydrogens (tertiary/aromatic N) is 1. The van der Waals surface area contributed by atoms with Crippen LogP contribution in [0.15, 0.2) is 78.9 Å². The molecule has 3 rings (SSSR count). The molecule has 0 aliphatic rings. The molecule has 3 amide bonds. The number of nitrogens with one attached hydrogen (secondary N) is 3. The van der Waals surface area contributed by atoms with Crippen molar-refractivity contribution >= 4 is 31.2 Å². The summed E-state index contributed by atoms with van der Waals surface area (Å²) in [5, 5.41) is 8.36. The molecule has 42 heavy (non-hydrogen) atoms. The summed E-state index contributed by atoms with van der Waals surface area (Å²) in [6.45, 7) is 11.2. The first-order valence-corrected chi connectivity index (χ1v) is 14.7. The van der Waals surface area contributed by atoms with Crippen LogP contribution in [0.5, 0.6) is 5.75 Å². The van der Waals surface area contributed by atoms with Gasteiger partial charge in [0.1, 0.15) is 17.8 Å². The summed E-state index contributed by atoms with van der Waals surface area (Å²) >= 11 is 0. The fraction of sp³-hybridized carbons (Fsp3) is 0.267. The van der Waals surface area contributed by atoms with Gasteiger partial charge in [-0.2, -0.15) is 0 Å². The van der Waals surface area contributed by atoms with Crippen LogP contribution in [0.3, 0.4) is 0 Å². The van der Waals surface area contributed by atoms with Crippen molar-refractivity contribution in [1.82, 2.24) is 16.0 Å². The summed E-state index contributed by atoms with van der Waals surface area (Å²) in [6, 6.07) is 19.0. The lowest BCUT2D eigenvalue weighted by Crippen LogP contribution is -2.54. The molecule has 0 spiro atoms. The number of carbonyl (C=O) groups is 3. The molecule has 11 nitrogen and oxygen atoms in total. The van der Waals surface area contributed by atoms with Crippen molar-refractivity contribution < 1.29 is 33.3 Å². The van der Waals surface area contributed by atoms with E-state index in [9.17, 15) is 18.9 Å². The molecule has 0 fully saturated rings. The monoisotopic (exact) mass is 592 g/mol. The number of rotatable bonds is 13. The van der Waals surface area contributed by atoms with Gasteiger partial charge in [0.15, 0.2) is 5.69 Å². The molecule has 0 heterocycles. The van der Waals surface area contributed by atoms with Gasteiger partial charge in [-0.15, -0.1) is 0 Å². The molecule has 0 aliphatic carbocycles. The summed E-state index contributed by atoms with van der Waals surface area (Å²) in [6.07, 6.45) is 0.369. The largest absolute Gasteiger partial charge is 0.524 e. The maximum absolute atomic E-state index is 13.6. The van der Waals surface area contributed by atoms with Crippen LogP contribution in [0, 0.1) is 12.5 Å². The lowest BCUT2D eigenvalue weighted by molar-refractivity contribution is -0.130. The number of amides is 3. The van der Waals surface area contributed by atoms with Crippen LogP contribution in [0.25, 0.3) is 4.85 Å². The van der Waals surface area contributed by atoms with Gasteiger partial charge < -0.3 is 20.5 Å². The number of hydrogen-bond donors (Lipinski definition) is 5. The van der Waals surface area contributed by atoms with E-state index in [0.717, 1.165) is 5.56 Å². The van der Waals surface area contributed by atoms with Crippen LogP contribution in [0.4, 0.5) is 5.69 Å². The molecule has 12 heteroatoms. The standard InChI is InChI=1S/C30H33N4O7P/c1-20(2)17-26(29(36)32-19-22-7-5-4-6-8-22)34-30(37)27(33-28(35)23-11-13-24(31-3)14-12-23)18-21-9-15-25(16-10-21)41-42(38,39)40/h4-16,20,26-27H,17-19H2,1-2H3,(H,32,36)(H,33,35)(H,34,37)(H2,38,39,40). The zero-order valence-corrected chi connectivity index (χ0v) is 24.1. The Labute approximate surface area is 244 Å². The average molecular weight is 593 g/mol. The molecule has 3 aromatic carbocycles. The van der Waals surface area contributed by atoms with Gasteiger partial charge in [0.05, 0.1) is 6.57 Å². The minimum atomic E-state index is -4.75. The molecular formula is C30H33N4O7P. The molecule has 220 valence electrons. The predicted octanol–water partition coefficient (Wildman–Crippen LogP) is 3.90. The first-order valence-electron chi connectivity index (χ1n) is 13.2. The van der Waals surface area contributed by atoms with E-state index < -0.39 is 31.7 Å². The molecule has 0 saturated carbocycles. The number of phosphoric acid groups is 1. The Balaban J connectivity index is 1.80. The molecule has 0 radical (unpaired) electrons. The zero-order chi connectivity index (χ0) is 30.7. The highest BCUT2D eigenvalue weighted by atomic mass is 31.2. The van der Waals surface area contributed by atoms with Crippen LogP contribution in [0.2, 0.25) is 0 Å². The molecule has 5 N–H and O–H groups in total. The summed E-state index contributed by atoms with van der Waals surface area (Å²) in [5.41, 5.74) is 2.06. The normalized spacial score (nSPS) is 12.5. The van der Waals surface area contributed by atoms with E-state index in [-0.39, 0.29) is 36.1 Å². The van der Waals surface area contributed by atoms with Crippen molar-refractivity contribution in [3.63, 3.8) is 0 Å². The number of hydrogen-bond acceptors (Lipinski definition) is 5. The minimum absolute atomic E-state index is 0.00787. The van der Waals surface area contributed by atoms with Crippen molar-refractivity contribution in [1.29, 1.82) is 0 Å². The molecule has 0 saturated heterocycles. The second-order valence-electron chi connectivity index (χ2n) is 10.0. The van der Waals surface area contributed by atoms with Crippen molar-refractivity contribution in [3.8, 4) is 5.75 Å². The van der Waals surface area contributed by atoms with E-state index >= 15 is 0 Å². The van der Waals surface area contributed by atoms with Crippen molar-refractivity contribution in [2.45, 2.75) is 45.3 Å². The number of carbonyl (C=O) groups excluding carboxylic acids is 3. The predicted molar refractivity (Wildman–Crippen MR) is 156 cm³/mol. The summed E-state index contributed by atoms with van der Waals surface area (Å²) in [5.74, 6) is -1.49. The molecular weight excluding hydrogens is 559 g/mol. The Bertz CT molecular complexity index is 1450. The quantitative estimate of drug-likeness (QED) is 0.149. The van der Waals surface area contributed by atoms with Gasteiger partial charge in [0.2, 0.25) is 11.8 Å². The smallest absolute Gasteiger partial charge is 0.404 e. The minimum Gasteiger partial charge on any atom is -0.404 e. The average Bonchev–Trinajstić information content (AvgIpc) is 2.95. The second kappa shape index (κ2) is 14.9. The highest BCUT2D eigenvalue weighted by Gasteiger charge is 2.28.